The van der Waals surface area contributed by atoms with E-state index in [0.29, 0.717) is 21.9 Å². The third-order valence-corrected chi connectivity index (χ3v) is 4.43. The predicted molar refractivity (Wildman–Crippen MR) is 98.1 cm³/mol. The number of anilines is 2. The highest BCUT2D eigenvalue weighted by Crippen LogP contribution is 2.20. The molecule has 0 aliphatic heterocycles. The van der Waals surface area contributed by atoms with E-state index in [4.69, 9.17) is 0 Å². The van der Waals surface area contributed by atoms with Crippen LogP contribution in [0, 0.1) is 0 Å². The van der Waals surface area contributed by atoms with Gasteiger partial charge in [0.05, 0.1) is 11.3 Å². The number of aromatic nitrogens is 2. The van der Waals surface area contributed by atoms with Crippen LogP contribution in [0.15, 0.2) is 54.6 Å². The number of amides is 2. The molecule has 0 saturated carbocycles. The number of nitrogens with one attached hydrogen (secondary N) is 2. The van der Waals surface area contributed by atoms with E-state index in [1.54, 1.807) is 48.5 Å². The summed E-state index contributed by atoms with van der Waals surface area (Å²) < 4.78 is 0. The molecule has 1 heterocycles. The largest absolute Gasteiger partial charge is 0.321 e. The van der Waals surface area contributed by atoms with Gasteiger partial charge in [0.25, 0.3) is 11.8 Å². The Morgan fingerprint density at radius 2 is 1.64 bits per heavy atom. The lowest BCUT2D eigenvalue weighted by Gasteiger charge is -2.10. The van der Waals surface area contributed by atoms with Gasteiger partial charge in [-0.05, 0) is 30.7 Å². The molecule has 0 aliphatic carbocycles. The molecule has 2 N–H and O–H groups in total. The van der Waals surface area contributed by atoms with Crippen molar-refractivity contribution in [3.63, 3.8) is 0 Å². The van der Waals surface area contributed by atoms with E-state index in [1.165, 1.54) is 11.3 Å². The minimum atomic E-state index is -0.345. The van der Waals surface area contributed by atoms with Crippen molar-refractivity contribution in [2.75, 3.05) is 10.6 Å². The van der Waals surface area contributed by atoms with Crippen molar-refractivity contribution >= 4 is 34.0 Å². The summed E-state index contributed by atoms with van der Waals surface area (Å²) in [6, 6.07) is 15.7. The van der Waals surface area contributed by atoms with Crippen molar-refractivity contribution in [1.29, 1.82) is 0 Å². The van der Waals surface area contributed by atoms with E-state index < -0.39 is 0 Å². The fourth-order valence-electron chi connectivity index (χ4n) is 2.19. The quantitative estimate of drug-likeness (QED) is 0.735. The lowest BCUT2D eigenvalue weighted by atomic mass is 10.1. The smallest absolute Gasteiger partial charge is 0.259 e. The molecule has 0 spiro atoms. The maximum atomic E-state index is 12.5. The van der Waals surface area contributed by atoms with Gasteiger partial charge in [0.1, 0.15) is 5.01 Å². The van der Waals surface area contributed by atoms with Crippen molar-refractivity contribution in [1.82, 2.24) is 10.2 Å². The summed E-state index contributed by atoms with van der Waals surface area (Å²) in [7, 11) is 0. The molecule has 0 bridgehead atoms. The third kappa shape index (κ3) is 4.07. The SMILES string of the molecule is CCc1nnc(NC(=O)c2ccccc2NC(=O)c2ccccc2)s1. The molecule has 2 aromatic carbocycles. The molecule has 0 atom stereocenters. The van der Waals surface area contributed by atoms with Crippen LogP contribution < -0.4 is 10.6 Å². The van der Waals surface area contributed by atoms with Crippen LogP contribution in [0.4, 0.5) is 10.8 Å². The Balaban J connectivity index is 1.78. The van der Waals surface area contributed by atoms with Crippen LogP contribution in [0.1, 0.15) is 32.6 Å². The molecule has 2 amide bonds. The number of aryl methyl sites for hydroxylation is 1. The molecule has 0 fully saturated rings. The van der Waals surface area contributed by atoms with Crippen molar-refractivity contribution in [3.05, 3.63) is 70.7 Å². The monoisotopic (exact) mass is 352 g/mol. The lowest BCUT2D eigenvalue weighted by Crippen LogP contribution is -2.18. The molecule has 0 radical (unpaired) electrons. The second-order valence-electron chi connectivity index (χ2n) is 5.17. The second-order valence-corrected chi connectivity index (χ2v) is 6.24. The van der Waals surface area contributed by atoms with Gasteiger partial charge in [0.15, 0.2) is 0 Å². The Kier molecular flexibility index (Phi) is 5.15. The molecule has 126 valence electrons. The zero-order chi connectivity index (χ0) is 17.6. The minimum Gasteiger partial charge on any atom is -0.321 e. The van der Waals surface area contributed by atoms with Crippen molar-refractivity contribution in [3.8, 4) is 0 Å². The summed E-state index contributed by atoms with van der Waals surface area (Å²) in [6.07, 6.45) is 0.761. The van der Waals surface area contributed by atoms with Crippen LogP contribution in [0.2, 0.25) is 0 Å². The Morgan fingerprint density at radius 3 is 2.36 bits per heavy atom. The Labute approximate surface area is 148 Å². The van der Waals surface area contributed by atoms with Gasteiger partial charge in [-0.15, -0.1) is 10.2 Å². The average Bonchev–Trinajstić information content (AvgIpc) is 3.10. The Hall–Kier alpha value is -3.06. The number of hydrogen-bond acceptors (Lipinski definition) is 5. The molecule has 6 nitrogen and oxygen atoms in total. The van der Waals surface area contributed by atoms with Gasteiger partial charge in [-0.2, -0.15) is 0 Å². The molecular formula is C18H16N4O2S. The number of carbonyl (C=O) groups is 2. The number of carbonyl (C=O) groups excluding carboxylic acids is 2. The summed E-state index contributed by atoms with van der Waals surface area (Å²) in [5, 5.41) is 14.7. The number of nitrogens with zero attached hydrogens (tertiary/aromatic N) is 2. The number of rotatable bonds is 5. The normalized spacial score (nSPS) is 10.3. The van der Waals surface area contributed by atoms with Gasteiger partial charge in [0.2, 0.25) is 5.13 Å². The first-order chi connectivity index (χ1) is 12.2. The number of hydrogen-bond donors (Lipinski definition) is 2. The summed E-state index contributed by atoms with van der Waals surface area (Å²) in [4.78, 5) is 24.9. The fourth-order valence-corrected chi connectivity index (χ4v) is 2.86. The van der Waals surface area contributed by atoms with Gasteiger partial charge in [0, 0.05) is 5.56 Å². The van der Waals surface area contributed by atoms with Gasteiger partial charge in [-0.25, -0.2) is 0 Å². The highest BCUT2D eigenvalue weighted by Gasteiger charge is 2.15. The maximum Gasteiger partial charge on any atom is 0.259 e. The highest BCUT2D eigenvalue weighted by atomic mass is 32.1. The first-order valence-electron chi connectivity index (χ1n) is 7.76. The summed E-state index contributed by atoms with van der Waals surface area (Å²) in [5.74, 6) is -0.618. The molecule has 0 aliphatic rings. The van der Waals surface area contributed by atoms with Crippen molar-refractivity contribution < 1.29 is 9.59 Å². The fraction of sp³-hybridized carbons (Fsp3) is 0.111. The Bertz CT molecular complexity index is 893. The van der Waals surface area contributed by atoms with Crippen LogP contribution in [0.5, 0.6) is 0 Å². The van der Waals surface area contributed by atoms with Crippen LogP contribution >= 0.6 is 11.3 Å². The van der Waals surface area contributed by atoms with Crippen LogP contribution in [0.25, 0.3) is 0 Å². The zero-order valence-corrected chi connectivity index (χ0v) is 14.3. The average molecular weight is 352 g/mol. The van der Waals surface area contributed by atoms with E-state index in [1.807, 2.05) is 13.0 Å². The zero-order valence-electron chi connectivity index (χ0n) is 13.5. The molecule has 0 unspecified atom stereocenters. The highest BCUT2D eigenvalue weighted by molar-refractivity contribution is 7.15. The van der Waals surface area contributed by atoms with Crippen molar-refractivity contribution in [2.45, 2.75) is 13.3 Å². The number of para-hydroxylation sites is 1. The summed E-state index contributed by atoms with van der Waals surface area (Å²) in [6.45, 7) is 1.97. The first-order valence-corrected chi connectivity index (χ1v) is 8.58. The second kappa shape index (κ2) is 7.67. The molecule has 25 heavy (non-hydrogen) atoms. The van der Waals surface area contributed by atoms with Crippen LogP contribution in [-0.2, 0) is 6.42 Å². The van der Waals surface area contributed by atoms with E-state index in [9.17, 15) is 9.59 Å². The molecule has 1 aromatic heterocycles. The van der Waals surface area contributed by atoms with E-state index >= 15 is 0 Å². The predicted octanol–water partition coefficient (Wildman–Crippen LogP) is 3.61. The van der Waals surface area contributed by atoms with Gasteiger partial charge < -0.3 is 5.32 Å². The molecular weight excluding hydrogens is 336 g/mol. The van der Waals surface area contributed by atoms with Gasteiger partial charge in [-0.1, -0.05) is 48.6 Å². The molecule has 0 saturated heterocycles. The van der Waals surface area contributed by atoms with E-state index in [2.05, 4.69) is 20.8 Å². The van der Waals surface area contributed by atoms with E-state index in [-0.39, 0.29) is 11.8 Å². The van der Waals surface area contributed by atoms with Gasteiger partial charge in [-0.3, -0.25) is 14.9 Å². The van der Waals surface area contributed by atoms with Crippen LogP contribution in [0.3, 0.4) is 0 Å². The number of benzene rings is 2. The topological polar surface area (TPSA) is 84.0 Å². The van der Waals surface area contributed by atoms with Gasteiger partial charge >= 0.3 is 0 Å². The molecule has 3 rings (SSSR count). The summed E-state index contributed by atoms with van der Waals surface area (Å²) >= 11 is 1.33. The maximum absolute atomic E-state index is 12.5. The van der Waals surface area contributed by atoms with E-state index in [0.717, 1.165) is 11.4 Å². The first kappa shape index (κ1) is 16.8. The summed E-state index contributed by atoms with van der Waals surface area (Å²) in [5.41, 5.74) is 1.32. The lowest BCUT2D eigenvalue weighted by molar-refractivity contribution is 0.102. The molecule has 7 heteroatoms. The minimum absolute atomic E-state index is 0.273. The van der Waals surface area contributed by atoms with Crippen molar-refractivity contribution in [2.24, 2.45) is 0 Å². The third-order valence-electron chi connectivity index (χ3n) is 3.45. The van der Waals surface area contributed by atoms with Crippen LogP contribution in [-0.4, -0.2) is 22.0 Å². The molecule has 3 aromatic rings. The Morgan fingerprint density at radius 1 is 0.920 bits per heavy atom. The standard InChI is InChI=1S/C18H16N4O2S/c1-2-15-21-22-18(25-15)20-17(24)13-10-6-7-11-14(13)19-16(23)12-8-4-3-5-9-12/h3-11H,2H2,1H3,(H,19,23)(H,20,22,24).